The number of fused-ring (bicyclic) bond motifs is 1. The zero-order valence-corrected chi connectivity index (χ0v) is 22.3. The molecule has 0 fully saturated rings. The van der Waals surface area contributed by atoms with Gasteiger partial charge >= 0.3 is 0 Å². The topological polar surface area (TPSA) is 67.9 Å². The molecule has 2 atom stereocenters. The normalized spacial score (nSPS) is 17.1. The molecule has 1 heterocycles. The summed E-state index contributed by atoms with van der Waals surface area (Å²) in [5.41, 5.74) is 3.85. The largest absolute Gasteiger partial charge is 0.493 e. The predicted octanol–water partition coefficient (Wildman–Crippen LogP) is 6.10. The van der Waals surface area contributed by atoms with Crippen LogP contribution in [0.3, 0.4) is 0 Å². The van der Waals surface area contributed by atoms with Crippen molar-refractivity contribution in [2.75, 3.05) is 32.8 Å². The number of hydrogen-bond donors (Lipinski definition) is 1. The number of carbonyl (C=O) groups is 2. The maximum absolute atomic E-state index is 13.9. The molecule has 3 aromatic rings. The fourth-order valence-corrected chi connectivity index (χ4v) is 5.13. The molecule has 36 heavy (non-hydrogen) atoms. The fourth-order valence-electron chi connectivity index (χ4n) is 4.72. The summed E-state index contributed by atoms with van der Waals surface area (Å²) in [5, 5.41) is 3.09. The molecule has 1 aliphatic rings. The number of nitrogens with one attached hydrogen (secondary N) is 1. The molecule has 1 aliphatic heterocycles. The molecular weight excluding hydrogens is 472 g/mol. The molecule has 0 aliphatic carbocycles. The first-order valence-electron chi connectivity index (χ1n) is 11.9. The number of benzene rings is 3. The number of anilines is 1. The van der Waals surface area contributed by atoms with Crippen LogP contribution in [0.25, 0.3) is 0 Å². The highest BCUT2D eigenvalue weighted by Gasteiger charge is 2.43. The van der Waals surface area contributed by atoms with Crippen molar-refractivity contribution < 1.29 is 19.1 Å². The maximum atomic E-state index is 13.9. The van der Waals surface area contributed by atoms with Crippen LogP contribution in [0.15, 0.2) is 65.6 Å². The van der Waals surface area contributed by atoms with Gasteiger partial charge in [0.2, 0.25) is 5.91 Å². The first-order valence-corrected chi connectivity index (χ1v) is 13.1. The lowest BCUT2D eigenvalue weighted by molar-refractivity contribution is -0.119. The third-order valence-electron chi connectivity index (χ3n) is 6.76. The lowest BCUT2D eigenvalue weighted by Crippen LogP contribution is -2.44. The Kier molecular flexibility index (Phi) is 7.59. The Morgan fingerprint density at radius 2 is 1.58 bits per heavy atom. The standard InChI is InChI=1S/C29H32N2O4S/c1-17(2)18-7-11-20(12-8-18)30-28(32)26-22-15-24(34-4)25(35-5)16-23(22)29(33)31(3)27(26)19-9-13-21(36-6)14-10-19/h7-17,26-27H,1-6H3,(H,30,32). The Morgan fingerprint density at radius 1 is 0.972 bits per heavy atom. The van der Waals surface area contributed by atoms with Crippen LogP contribution in [0.5, 0.6) is 11.5 Å². The Bertz CT molecular complexity index is 1260. The van der Waals surface area contributed by atoms with E-state index in [0.717, 1.165) is 10.5 Å². The van der Waals surface area contributed by atoms with Gasteiger partial charge < -0.3 is 19.7 Å². The first-order chi connectivity index (χ1) is 17.3. The molecule has 0 bridgehead atoms. The highest BCUT2D eigenvalue weighted by molar-refractivity contribution is 7.98. The lowest BCUT2D eigenvalue weighted by atomic mass is 9.79. The minimum atomic E-state index is -0.660. The predicted molar refractivity (Wildman–Crippen MR) is 145 cm³/mol. The molecule has 0 radical (unpaired) electrons. The van der Waals surface area contributed by atoms with Gasteiger partial charge in [0.15, 0.2) is 11.5 Å². The first kappa shape index (κ1) is 25.6. The Balaban J connectivity index is 1.82. The summed E-state index contributed by atoms with van der Waals surface area (Å²) in [6.07, 6.45) is 2.02. The van der Waals surface area contributed by atoms with Crippen LogP contribution < -0.4 is 14.8 Å². The summed E-state index contributed by atoms with van der Waals surface area (Å²) in [6, 6.07) is 18.8. The van der Waals surface area contributed by atoms with E-state index in [1.807, 2.05) is 54.8 Å². The number of amides is 2. The molecular formula is C29H32N2O4S. The smallest absolute Gasteiger partial charge is 0.254 e. The molecule has 0 saturated carbocycles. The summed E-state index contributed by atoms with van der Waals surface area (Å²) < 4.78 is 11.0. The average molecular weight is 505 g/mol. The SMILES string of the molecule is COc1cc2c(cc1OC)C(C(=O)Nc1ccc(C(C)C)cc1)C(c1ccc(SC)cc1)N(C)C2=O. The second-order valence-electron chi connectivity index (χ2n) is 9.17. The highest BCUT2D eigenvalue weighted by atomic mass is 32.2. The summed E-state index contributed by atoms with van der Waals surface area (Å²) in [5.74, 6) is 0.297. The molecule has 2 unspecified atom stereocenters. The number of hydrogen-bond acceptors (Lipinski definition) is 5. The van der Waals surface area contributed by atoms with E-state index in [-0.39, 0.29) is 11.8 Å². The number of ether oxygens (including phenoxy) is 2. The van der Waals surface area contributed by atoms with E-state index < -0.39 is 12.0 Å². The molecule has 4 rings (SSSR count). The van der Waals surface area contributed by atoms with Crippen LogP contribution in [0, 0.1) is 0 Å². The third kappa shape index (κ3) is 4.80. The van der Waals surface area contributed by atoms with Crippen molar-refractivity contribution in [3.8, 4) is 11.5 Å². The van der Waals surface area contributed by atoms with Crippen LogP contribution >= 0.6 is 11.8 Å². The van der Waals surface area contributed by atoms with E-state index in [9.17, 15) is 9.59 Å². The second-order valence-corrected chi connectivity index (χ2v) is 10.1. The molecule has 0 aromatic heterocycles. The number of likely N-dealkylation sites (N-methyl/N-ethyl adjacent to an activating group) is 1. The van der Waals surface area contributed by atoms with Gasteiger partial charge in [-0.3, -0.25) is 9.59 Å². The summed E-state index contributed by atoms with van der Waals surface area (Å²) in [7, 11) is 4.82. The molecule has 0 spiro atoms. The van der Waals surface area contributed by atoms with Gasteiger partial charge in [-0.15, -0.1) is 11.8 Å². The van der Waals surface area contributed by atoms with Crippen LogP contribution in [0.1, 0.15) is 58.8 Å². The van der Waals surface area contributed by atoms with Crippen LogP contribution in [0.2, 0.25) is 0 Å². The van der Waals surface area contributed by atoms with Crippen molar-refractivity contribution >= 4 is 29.3 Å². The van der Waals surface area contributed by atoms with Crippen molar-refractivity contribution in [3.05, 3.63) is 82.9 Å². The van der Waals surface area contributed by atoms with Gasteiger partial charge in [-0.05, 0) is 65.3 Å². The van der Waals surface area contributed by atoms with Crippen molar-refractivity contribution in [2.24, 2.45) is 0 Å². The number of carbonyl (C=O) groups excluding carboxylic acids is 2. The average Bonchev–Trinajstić information content (AvgIpc) is 2.90. The Hall–Kier alpha value is -3.45. The molecule has 3 aromatic carbocycles. The van der Waals surface area contributed by atoms with Crippen LogP contribution in [0.4, 0.5) is 5.69 Å². The van der Waals surface area contributed by atoms with Gasteiger partial charge in [-0.2, -0.15) is 0 Å². The third-order valence-corrected chi connectivity index (χ3v) is 7.50. The molecule has 0 saturated heterocycles. The van der Waals surface area contributed by atoms with Crippen molar-refractivity contribution in [2.45, 2.75) is 36.6 Å². The molecule has 6 nitrogen and oxygen atoms in total. The van der Waals surface area contributed by atoms with E-state index in [1.165, 1.54) is 12.7 Å². The summed E-state index contributed by atoms with van der Waals surface area (Å²) in [4.78, 5) is 30.2. The lowest BCUT2D eigenvalue weighted by Gasteiger charge is -2.40. The zero-order chi connectivity index (χ0) is 26.0. The van der Waals surface area contributed by atoms with Crippen LogP contribution in [-0.2, 0) is 4.79 Å². The summed E-state index contributed by atoms with van der Waals surface area (Å²) >= 11 is 1.64. The number of methoxy groups -OCH3 is 2. The monoisotopic (exact) mass is 504 g/mol. The Labute approximate surface area is 217 Å². The Morgan fingerprint density at radius 3 is 2.14 bits per heavy atom. The molecule has 1 N–H and O–H groups in total. The number of rotatable bonds is 7. The van der Waals surface area contributed by atoms with Gasteiger partial charge in [0.05, 0.1) is 26.2 Å². The van der Waals surface area contributed by atoms with Gasteiger partial charge in [-0.25, -0.2) is 0 Å². The molecule has 7 heteroatoms. The van der Waals surface area contributed by atoms with Crippen molar-refractivity contribution in [1.82, 2.24) is 4.90 Å². The minimum Gasteiger partial charge on any atom is -0.493 e. The van der Waals surface area contributed by atoms with Crippen molar-refractivity contribution in [1.29, 1.82) is 0 Å². The van der Waals surface area contributed by atoms with E-state index >= 15 is 0 Å². The number of nitrogens with zero attached hydrogens (tertiary/aromatic N) is 1. The summed E-state index contributed by atoms with van der Waals surface area (Å²) in [6.45, 7) is 4.27. The van der Waals surface area contributed by atoms with Gasteiger partial charge in [0.1, 0.15) is 0 Å². The van der Waals surface area contributed by atoms with Gasteiger partial charge in [0.25, 0.3) is 5.91 Å². The van der Waals surface area contributed by atoms with Crippen LogP contribution in [-0.4, -0.2) is 44.2 Å². The van der Waals surface area contributed by atoms with Gasteiger partial charge in [-0.1, -0.05) is 38.1 Å². The second kappa shape index (κ2) is 10.7. The number of thioether (sulfide) groups is 1. The van der Waals surface area contributed by atoms with E-state index in [4.69, 9.17) is 9.47 Å². The van der Waals surface area contributed by atoms with Gasteiger partial charge in [0, 0.05) is 23.2 Å². The fraction of sp³-hybridized carbons (Fsp3) is 0.310. The maximum Gasteiger partial charge on any atom is 0.254 e. The van der Waals surface area contributed by atoms with E-state index in [1.54, 1.807) is 43.0 Å². The highest BCUT2D eigenvalue weighted by Crippen LogP contribution is 2.46. The molecule has 188 valence electrons. The van der Waals surface area contributed by atoms with Crippen molar-refractivity contribution in [3.63, 3.8) is 0 Å². The zero-order valence-electron chi connectivity index (χ0n) is 21.5. The van der Waals surface area contributed by atoms with E-state index in [2.05, 4.69) is 19.2 Å². The molecule has 2 amide bonds. The quantitative estimate of drug-likeness (QED) is 0.394. The minimum absolute atomic E-state index is 0.171. The van der Waals surface area contributed by atoms with E-state index in [0.29, 0.717) is 34.2 Å².